The average molecular weight is 225 g/mol. The largest absolute Gasteiger partial charge is 0.335 e. The van der Waals surface area contributed by atoms with Crippen LogP contribution in [-0.2, 0) is 0 Å². The van der Waals surface area contributed by atoms with E-state index in [2.05, 4.69) is 29.5 Å². The molecule has 0 spiro atoms. The standard InChI is InChI=1S/C10H15N3OS/c1-6(2)8-5-15-10(12-8)13-9(14)11-7-3-4-7/h5-7H,3-4H2,1-2H3,(H2,11,12,13,14). The van der Waals surface area contributed by atoms with Crippen LogP contribution in [0.15, 0.2) is 5.38 Å². The van der Waals surface area contributed by atoms with E-state index in [1.807, 2.05) is 5.38 Å². The van der Waals surface area contributed by atoms with E-state index in [1.165, 1.54) is 11.3 Å². The lowest BCUT2D eigenvalue weighted by atomic mass is 10.2. The first kappa shape index (κ1) is 10.4. The highest BCUT2D eigenvalue weighted by atomic mass is 32.1. The van der Waals surface area contributed by atoms with Crippen molar-refractivity contribution in [3.8, 4) is 0 Å². The second-order valence-corrected chi connectivity index (χ2v) is 4.96. The van der Waals surface area contributed by atoms with Crippen LogP contribution in [0.4, 0.5) is 9.93 Å². The minimum Gasteiger partial charge on any atom is -0.335 e. The number of aromatic nitrogens is 1. The number of hydrogen-bond donors (Lipinski definition) is 2. The average Bonchev–Trinajstić information content (AvgIpc) is 2.82. The molecule has 1 fully saturated rings. The molecule has 0 saturated heterocycles. The van der Waals surface area contributed by atoms with Gasteiger partial charge in [0.25, 0.3) is 0 Å². The first-order valence-corrected chi connectivity index (χ1v) is 6.06. The first-order valence-electron chi connectivity index (χ1n) is 5.18. The van der Waals surface area contributed by atoms with Crippen molar-refractivity contribution in [2.45, 2.75) is 38.6 Å². The smallest absolute Gasteiger partial charge is 0.321 e. The van der Waals surface area contributed by atoms with Gasteiger partial charge in [0.2, 0.25) is 0 Å². The number of anilines is 1. The van der Waals surface area contributed by atoms with Gasteiger partial charge < -0.3 is 5.32 Å². The fourth-order valence-corrected chi connectivity index (χ4v) is 2.02. The lowest BCUT2D eigenvalue weighted by Gasteiger charge is -2.02. The maximum absolute atomic E-state index is 11.4. The second kappa shape index (κ2) is 4.18. The molecule has 2 rings (SSSR count). The van der Waals surface area contributed by atoms with Crippen LogP contribution in [0.3, 0.4) is 0 Å². The third-order valence-corrected chi connectivity index (χ3v) is 3.02. The first-order chi connectivity index (χ1) is 7.15. The molecule has 0 unspecified atom stereocenters. The summed E-state index contributed by atoms with van der Waals surface area (Å²) in [6.45, 7) is 4.17. The number of carbonyl (C=O) groups excluding carboxylic acids is 1. The van der Waals surface area contributed by atoms with E-state index in [4.69, 9.17) is 0 Å². The lowest BCUT2D eigenvalue weighted by molar-refractivity contribution is 0.251. The normalized spacial score (nSPS) is 15.4. The molecule has 1 aliphatic rings. The van der Waals surface area contributed by atoms with Crippen molar-refractivity contribution in [2.24, 2.45) is 0 Å². The molecular formula is C10H15N3OS. The molecule has 82 valence electrons. The third-order valence-electron chi connectivity index (χ3n) is 2.25. The number of urea groups is 1. The third kappa shape index (κ3) is 2.92. The topological polar surface area (TPSA) is 54.0 Å². The Balaban J connectivity index is 1.88. The van der Waals surface area contributed by atoms with E-state index in [-0.39, 0.29) is 6.03 Å². The van der Waals surface area contributed by atoms with E-state index < -0.39 is 0 Å². The summed E-state index contributed by atoms with van der Waals surface area (Å²) in [7, 11) is 0. The number of nitrogens with one attached hydrogen (secondary N) is 2. The van der Waals surface area contributed by atoms with E-state index in [1.54, 1.807) is 0 Å². The van der Waals surface area contributed by atoms with Crippen LogP contribution in [0, 0.1) is 0 Å². The zero-order chi connectivity index (χ0) is 10.8. The lowest BCUT2D eigenvalue weighted by Crippen LogP contribution is -2.30. The number of hydrogen-bond acceptors (Lipinski definition) is 3. The minimum absolute atomic E-state index is 0.137. The molecule has 15 heavy (non-hydrogen) atoms. The van der Waals surface area contributed by atoms with Crippen LogP contribution in [0.25, 0.3) is 0 Å². The maximum atomic E-state index is 11.4. The molecule has 0 bridgehead atoms. The molecule has 0 aromatic carbocycles. The molecule has 2 amide bonds. The Labute approximate surface area is 93.1 Å². The van der Waals surface area contributed by atoms with Gasteiger partial charge in [0.1, 0.15) is 0 Å². The van der Waals surface area contributed by atoms with E-state index >= 15 is 0 Å². The summed E-state index contributed by atoms with van der Waals surface area (Å²) in [5.41, 5.74) is 1.03. The Hall–Kier alpha value is -1.10. The second-order valence-electron chi connectivity index (χ2n) is 4.10. The molecule has 0 atom stereocenters. The van der Waals surface area contributed by atoms with Gasteiger partial charge in [-0.15, -0.1) is 11.3 Å². The van der Waals surface area contributed by atoms with Crippen LogP contribution >= 0.6 is 11.3 Å². The highest BCUT2D eigenvalue weighted by molar-refractivity contribution is 7.13. The Morgan fingerprint density at radius 2 is 2.33 bits per heavy atom. The molecule has 1 aliphatic carbocycles. The zero-order valence-electron chi connectivity index (χ0n) is 8.91. The Morgan fingerprint density at radius 1 is 1.60 bits per heavy atom. The van der Waals surface area contributed by atoms with Crippen molar-refractivity contribution in [2.75, 3.05) is 5.32 Å². The fraction of sp³-hybridized carbons (Fsp3) is 0.600. The number of carbonyl (C=O) groups is 1. The summed E-state index contributed by atoms with van der Waals surface area (Å²) in [6, 6.07) is 0.247. The van der Waals surface area contributed by atoms with Crippen molar-refractivity contribution in [3.05, 3.63) is 11.1 Å². The maximum Gasteiger partial charge on any atom is 0.321 e. The van der Waals surface area contributed by atoms with Gasteiger partial charge in [-0.25, -0.2) is 9.78 Å². The van der Waals surface area contributed by atoms with Gasteiger partial charge >= 0.3 is 6.03 Å². The summed E-state index contributed by atoms with van der Waals surface area (Å²) < 4.78 is 0. The van der Waals surface area contributed by atoms with Crippen LogP contribution < -0.4 is 10.6 Å². The SMILES string of the molecule is CC(C)c1csc(NC(=O)NC2CC2)n1. The number of amides is 2. The number of thiazole rings is 1. The molecule has 0 aliphatic heterocycles. The minimum atomic E-state index is -0.137. The zero-order valence-corrected chi connectivity index (χ0v) is 9.73. The Morgan fingerprint density at radius 3 is 2.87 bits per heavy atom. The van der Waals surface area contributed by atoms with Gasteiger partial charge in [0, 0.05) is 11.4 Å². The molecule has 1 heterocycles. The van der Waals surface area contributed by atoms with Gasteiger partial charge in [-0.1, -0.05) is 13.8 Å². The molecule has 5 heteroatoms. The predicted molar refractivity (Wildman–Crippen MR) is 61.4 cm³/mol. The summed E-state index contributed by atoms with van der Waals surface area (Å²) in [5, 5.41) is 8.26. The Bertz CT molecular complexity index is 357. The van der Waals surface area contributed by atoms with E-state index in [0.717, 1.165) is 18.5 Å². The highest BCUT2D eigenvalue weighted by Gasteiger charge is 2.23. The van der Waals surface area contributed by atoms with E-state index in [9.17, 15) is 4.79 Å². The molecule has 4 nitrogen and oxygen atoms in total. The quantitative estimate of drug-likeness (QED) is 0.830. The van der Waals surface area contributed by atoms with E-state index in [0.29, 0.717) is 17.1 Å². The predicted octanol–water partition coefficient (Wildman–Crippen LogP) is 2.55. The fourth-order valence-electron chi connectivity index (χ4n) is 1.16. The van der Waals surface area contributed by atoms with Gasteiger partial charge in [-0.2, -0.15) is 0 Å². The molecule has 1 saturated carbocycles. The Kier molecular flexibility index (Phi) is 2.90. The van der Waals surface area contributed by atoms with Crippen LogP contribution in [-0.4, -0.2) is 17.1 Å². The highest BCUT2D eigenvalue weighted by Crippen LogP contribution is 2.22. The number of nitrogens with zero attached hydrogens (tertiary/aromatic N) is 1. The van der Waals surface area contributed by atoms with Crippen LogP contribution in [0.1, 0.15) is 38.3 Å². The molecular weight excluding hydrogens is 210 g/mol. The van der Waals surface area contributed by atoms with Crippen molar-refractivity contribution >= 4 is 22.5 Å². The van der Waals surface area contributed by atoms with Crippen molar-refractivity contribution in [3.63, 3.8) is 0 Å². The summed E-state index contributed by atoms with van der Waals surface area (Å²) in [6.07, 6.45) is 2.20. The van der Waals surface area contributed by atoms with Gasteiger partial charge in [0.15, 0.2) is 5.13 Å². The molecule has 0 radical (unpaired) electrons. The van der Waals surface area contributed by atoms with Crippen molar-refractivity contribution < 1.29 is 4.79 Å². The summed E-state index contributed by atoms with van der Waals surface area (Å²) >= 11 is 1.47. The van der Waals surface area contributed by atoms with Gasteiger partial charge in [-0.05, 0) is 18.8 Å². The summed E-state index contributed by atoms with van der Waals surface area (Å²) in [5.74, 6) is 0.406. The van der Waals surface area contributed by atoms with Gasteiger partial charge in [-0.3, -0.25) is 5.32 Å². The van der Waals surface area contributed by atoms with Crippen LogP contribution in [0.2, 0.25) is 0 Å². The van der Waals surface area contributed by atoms with Crippen molar-refractivity contribution in [1.82, 2.24) is 10.3 Å². The van der Waals surface area contributed by atoms with Crippen LogP contribution in [0.5, 0.6) is 0 Å². The molecule has 1 aromatic heterocycles. The van der Waals surface area contributed by atoms with Crippen molar-refractivity contribution in [1.29, 1.82) is 0 Å². The monoisotopic (exact) mass is 225 g/mol. The summed E-state index contributed by atoms with van der Waals surface area (Å²) in [4.78, 5) is 15.7. The van der Waals surface area contributed by atoms with Gasteiger partial charge in [0.05, 0.1) is 5.69 Å². The number of rotatable bonds is 3. The molecule has 1 aromatic rings. The molecule has 2 N–H and O–H groups in total.